The van der Waals surface area contributed by atoms with E-state index in [-0.39, 0.29) is 0 Å². The van der Waals surface area contributed by atoms with Gasteiger partial charge in [-0.05, 0) is 33.4 Å². The lowest BCUT2D eigenvalue weighted by Crippen LogP contribution is -2.34. The monoisotopic (exact) mass is 238 g/mol. The second-order valence-electron chi connectivity index (χ2n) is 5.27. The minimum absolute atomic E-state index is 0.456. The van der Waals surface area contributed by atoms with Gasteiger partial charge in [-0.25, -0.2) is 4.98 Å². The zero-order valence-corrected chi connectivity index (χ0v) is 11.8. The molecule has 4 heteroatoms. The SMILES string of the molecule is CCn1ccnc1NC(CC(C)C)CN(C)C. The van der Waals surface area contributed by atoms with Crippen molar-refractivity contribution in [3.05, 3.63) is 12.4 Å². The minimum Gasteiger partial charge on any atom is -0.352 e. The van der Waals surface area contributed by atoms with Crippen molar-refractivity contribution in [2.45, 2.75) is 39.8 Å². The Balaban J connectivity index is 2.64. The molecular weight excluding hydrogens is 212 g/mol. The van der Waals surface area contributed by atoms with E-state index in [0.29, 0.717) is 12.0 Å². The molecule has 1 aromatic heterocycles. The van der Waals surface area contributed by atoms with E-state index < -0.39 is 0 Å². The molecule has 0 radical (unpaired) electrons. The van der Waals surface area contributed by atoms with Gasteiger partial charge in [0.1, 0.15) is 0 Å². The molecule has 0 aliphatic heterocycles. The molecule has 0 bridgehead atoms. The van der Waals surface area contributed by atoms with E-state index in [1.54, 1.807) is 0 Å². The Labute approximate surface area is 105 Å². The van der Waals surface area contributed by atoms with Gasteiger partial charge in [0.15, 0.2) is 0 Å². The van der Waals surface area contributed by atoms with Gasteiger partial charge >= 0.3 is 0 Å². The first-order valence-corrected chi connectivity index (χ1v) is 6.45. The molecule has 1 unspecified atom stereocenters. The Bertz CT molecular complexity index is 307. The maximum absolute atomic E-state index is 4.37. The highest BCUT2D eigenvalue weighted by molar-refractivity contribution is 5.27. The van der Waals surface area contributed by atoms with Gasteiger partial charge in [0.05, 0.1) is 0 Å². The van der Waals surface area contributed by atoms with Crippen molar-refractivity contribution in [3.8, 4) is 0 Å². The number of imidazole rings is 1. The molecule has 0 aliphatic carbocycles. The van der Waals surface area contributed by atoms with Gasteiger partial charge < -0.3 is 14.8 Å². The predicted octanol–water partition coefficient (Wildman–Crippen LogP) is 2.29. The maximum atomic E-state index is 4.37. The van der Waals surface area contributed by atoms with Crippen LogP contribution in [0.15, 0.2) is 12.4 Å². The summed E-state index contributed by atoms with van der Waals surface area (Å²) >= 11 is 0. The molecule has 1 heterocycles. The summed E-state index contributed by atoms with van der Waals surface area (Å²) in [7, 11) is 4.22. The Hall–Kier alpha value is -1.03. The largest absolute Gasteiger partial charge is 0.352 e. The second kappa shape index (κ2) is 6.64. The standard InChI is InChI=1S/C13H26N4/c1-6-17-8-7-14-13(17)15-12(9-11(2)3)10-16(4)5/h7-8,11-12H,6,9-10H2,1-5H3,(H,14,15). The fourth-order valence-electron chi connectivity index (χ4n) is 2.08. The van der Waals surface area contributed by atoms with Gasteiger partial charge in [-0.1, -0.05) is 13.8 Å². The highest BCUT2D eigenvalue weighted by Gasteiger charge is 2.14. The lowest BCUT2D eigenvalue weighted by molar-refractivity contribution is 0.355. The van der Waals surface area contributed by atoms with Crippen molar-refractivity contribution >= 4 is 5.95 Å². The van der Waals surface area contributed by atoms with E-state index >= 15 is 0 Å². The summed E-state index contributed by atoms with van der Waals surface area (Å²) < 4.78 is 2.14. The van der Waals surface area contributed by atoms with Gasteiger partial charge in [0.2, 0.25) is 5.95 Å². The molecule has 98 valence electrons. The number of nitrogens with zero attached hydrogens (tertiary/aromatic N) is 3. The van der Waals surface area contributed by atoms with Crippen LogP contribution >= 0.6 is 0 Å². The van der Waals surface area contributed by atoms with Gasteiger partial charge in [0.25, 0.3) is 0 Å². The highest BCUT2D eigenvalue weighted by atomic mass is 15.2. The van der Waals surface area contributed by atoms with Crippen LogP contribution in [0, 0.1) is 5.92 Å². The lowest BCUT2D eigenvalue weighted by atomic mass is 10.0. The van der Waals surface area contributed by atoms with Crippen molar-refractivity contribution in [1.82, 2.24) is 14.5 Å². The number of aryl methyl sites for hydroxylation is 1. The summed E-state index contributed by atoms with van der Waals surface area (Å²) in [6.45, 7) is 8.65. The fraction of sp³-hybridized carbons (Fsp3) is 0.769. The molecule has 1 atom stereocenters. The van der Waals surface area contributed by atoms with E-state index in [1.165, 1.54) is 0 Å². The van der Waals surface area contributed by atoms with Crippen molar-refractivity contribution < 1.29 is 0 Å². The van der Waals surface area contributed by atoms with Crippen LogP contribution in [0.1, 0.15) is 27.2 Å². The van der Waals surface area contributed by atoms with E-state index in [4.69, 9.17) is 0 Å². The Morgan fingerprint density at radius 3 is 2.65 bits per heavy atom. The molecule has 0 saturated carbocycles. The third-order valence-electron chi connectivity index (χ3n) is 2.73. The minimum atomic E-state index is 0.456. The number of rotatable bonds is 7. The Morgan fingerprint density at radius 2 is 2.12 bits per heavy atom. The Morgan fingerprint density at radius 1 is 1.41 bits per heavy atom. The van der Waals surface area contributed by atoms with Gasteiger partial charge in [-0.2, -0.15) is 0 Å². The number of hydrogen-bond donors (Lipinski definition) is 1. The average molecular weight is 238 g/mol. The van der Waals surface area contributed by atoms with Gasteiger partial charge in [-0.3, -0.25) is 0 Å². The van der Waals surface area contributed by atoms with Gasteiger partial charge in [-0.15, -0.1) is 0 Å². The van der Waals surface area contributed by atoms with Crippen LogP contribution < -0.4 is 5.32 Å². The van der Waals surface area contributed by atoms with E-state index in [2.05, 4.69) is 54.6 Å². The number of aromatic nitrogens is 2. The normalized spacial score (nSPS) is 13.4. The number of nitrogens with one attached hydrogen (secondary N) is 1. The highest BCUT2D eigenvalue weighted by Crippen LogP contribution is 2.12. The third-order valence-corrected chi connectivity index (χ3v) is 2.73. The van der Waals surface area contributed by atoms with E-state index in [1.807, 2.05) is 12.4 Å². The molecule has 1 aromatic rings. The lowest BCUT2D eigenvalue weighted by Gasteiger charge is -2.24. The molecule has 0 fully saturated rings. The quantitative estimate of drug-likeness (QED) is 0.791. The molecule has 0 saturated heterocycles. The molecule has 0 aliphatic rings. The average Bonchev–Trinajstić information content (AvgIpc) is 2.62. The number of hydrogen-bond acceptors (Lipinski definition) is 3. The van der Waals surface area contributed by atoms with Gasteiger partial charge in [0, 0.05) is 31.5 Å². The van der Waals surface area contributed by atoms with E-state index in [9.17, 15) is 0 Å². The smallest absolute Gasteiger partial charge is 0.203 e. The zero-order valence-electron chi connectivity index (χ0n) is 11.8. The maximum Gasteiger partial charge on any atom is 0.203 e. The fourth-order valence-corrected chi connectivity index (χ4v) is 2.08. The molecule has 0 amide bonds. The summed E-state index contributed by atoms with van der Waals surface area (Å²) in [6, 6.07) is 0.456. The number of likely N-dealkylation sites (N-methyl/N-ethyl adjacent to an activating group) is 1. The molecule has 0 aromatic carbocycles. The first-order valence-electron chi connectivity index (χ1n) is 6.45. The van der Waals surface area contributed by atoms with Crippen molar-refractivity contribution in [1.29, 1.82) is 0 Å². The van der Waals surface area contributed by atoms with Crippen molar-refractivity contribution in [2.75, 3.05) is 26.0 Å². The third kappa shape index (κ3) is 4.77. The summed E-state index contributed by atoms with van der Waals surface area (Å²) in [4.78, 5) is 6.60. The van der Waals surface area contributed by atoms with Crippen molar-refractivity contribution in [2.24, 2.45) is 5.92 Å². The second-order valence-corrected chi connectivity index (χ2v) is 5.27. The molecule has 4 nitrogen and oxygen atoms in total. The summed E-state index contributed by atoms with van der Waals surface area (Å²) in [5.41, 5.74) is 0. The molecule has 1 rings (SSSR count). The van der Waals surface area contributed by atoms with Crippen LogP contribution in [0.2, 0.25) is 0 Å². The summed E-state index contributed by atoms with van der Waals surface area (Å²) in [5.74, 6) is 1.68. The predicted molar refractivity (Wildman–Crippen MR) is 73.3 cm³/mol. The van der Waals surface area contributed by atoms with Crippen LogP contribution in [-0.2, 0) is 6.54 Å². The molecular formula is C13H26N4. The van der Waals surface area contributed by atoms with Crippen molar-refractivity contribution in [3.63, 3.8) is 0 Å². The topological polar surface area (TPSA) is 33.1 Å². The first-order chi connectivity index (χ1) is 8.02. The van der Waals surface area contributed by atoms with Crippen LogP contribution in [0.5, 0.6) is 0 Å². The molecule has 1 N–H and O–H groups in total. The zero-order chi connectivity index (χ0) is 12.8. The molecule has 0 spiro atoms. The van der Waals surface area contributed by atoms with Crippen LogP contribution in [0.4, 0.5) is 5.95 Å². The van der Waals surface area contributed by atoms with Crippen LogP contribution in [0.3, 0.4) is 0 Å². The van der Waals surface area contributed by atoms with Crippen LogP contribution in [0.25, 0.3) is 0 Å². The summed E-state index contributed by atoms with van der Waals surface area (Å²) in [5, 5.41) is 3.55. The van der Waals surface area contributed by atoms with Crippen LogP contribution in [-0.4, -0.2) is 41.1 Å². The Kier molecular flexibility index (Phi) is 5.48. The number of anilines is 1. The van der Waals surface area contributed by atoms with E-state index in [0.717, 1.165) is 25.5 Å². The summed E-state index contributed by atoms with van der Waals surface area (Å²) in [6.07, 6.45) is 5.03. The first kappa shape index (κ1) is 14.0. The molecule has 17 heavy (non-hydrogen) atoms.